The number of benzene rings is 2. The van der Waals surface area contributed by atoms with Gasteiger partial charge in [0.2, 0.25) is 16.0 Å². The van der Waals surface area contributed by atoms with Crippen LogP contribution in [0.25, 0.3) is 22.3 Å². The van der Waals surface area contributed by atoms with E-state index in [-0.39, 0.29) is 48.4 Å². The number of carboxylic acids is 1. The van der Waals surface area contributed by atoms with Gasteiger partial charge in [0.25, 0.3) is 0 Å². The van der Waals surface area contributed by atoms with Crippen LogP contribution >= 0.6 is 0 Å². The van der Waals surface area contributed by atoms with Crippen molar-refractivity contribution in [1.29, 1.82) is 0 Å². The zero-order valence-electron chi connectivity index (χ0n) is 23.0. The van der Waals surface area contributed by atoms with Crippen LogP contribution in [0, 0.1) is 11.6 Å². The molecular weight excluding hydrogens is 615 g/mol. The van der Waals surface area contributed by atoms with Crippen LogP contribution in [0.3, 0.4) is 0 Å². The molecule has 17 heteroatoms. The lowest BCUT2D eigenvalue weighted by Gasteiger charge is -2.41. The van der Waals surface area contributed by atoms with Crippen molar-refractivity contribution in [3.05, 3.63) is 65.4 Å². The summed E-state index contributed by atoms with van der Waals surface area (Å²) in [7, 11) is -2.49. The Morgan fingerprint density at radius 1 is 1.11 bits per heavy atom. The molecule has 1 aliphatic rings. The maximum atomic E-state index is 14.9. The van der Waals surface area contributed by atoms with E-state index < -0.39 is 68.9 Å². The van der Waals surface area contributed by atoms with E-state index in [0.717, 1.165) is 5.56 Å². The highest BCUT2D eigenvalue weighted by Gasteiger charge is 2.39. The molecule has 44 heavy (non-hydrogen) atoms. The van der Waals surface area contributed by atoms with E-state index >= 15 is 0 Å². The Kier molecular flexibility index (Phi) is 8.19. The third kappa shape index (κ3) is 6.01. The molecule has 0 radical (unpaired) electrons. The molecule has 0 aliphatic carbocycles. The number of carboxylic acid groups (broad SMARTS) is 1. The Balaban J connectivity index is 1.53. The second-order valence-electron chi connectivity index (χ2n) is 10.2. The maximum absolute atomic E-state index is 14.9. The molecule has 0 bridgehead atoms. The number of rotatable bonds is 8. The summed E-state index contributed by atoms with van der Waals surface area (Å²) in [5, 5.41) is 22.9. The first kappa shape index (κ1) is 31.1. The highest BCUT2D eigenvalue weighted by molar-refractivity contribution is 7.89. The van der Waals surface area contributed by atoms with E-state index in [1.807, 2.05) is 30.3 Å². The summed E-state index contributed by atoms with van der Waals surface area (Å²) in [4.78, 5) is 21.6. The Bertz CT molecular complexity index is 1830. The average Bonchev–Trinajstić information content (AvgIpc) is 3.30. The zero-order chi connectivity index (χ0) is 32.0. The monoisotopic (exact) mass is 640 g/mol. The van der Waals surface area contributed by atoms with Crippen molar-refractivity contribution in [3.8, 4) is 17.0 Å². The highest BCUT2D eigenvalue weighted by atomic mass is 32.2. The van der Waals surface area contributed by atoms with Crippen LogP contribution in [-0.4, -0.2) is 80.1 Å². The summed E-state index contributed by atoms with van der Waals surface area (Å²) in [5.41, 5.74) is -2.08. The van der Waals surface area contributed by atoms with Gasteiger partial charge in [0.1, 0.15) is 5.69 Å². The van der Waals surface area contributed by atoms with E-state index in [1.165, 1.54) is 22.2 Å². The zero-order valence-corrected chi connectivity index (χ0v) is 23.8. The summed E-state index contributed by atoms with van der Waals surface area (Å²) in [6.45, 7) is 0.121. The fourth-order valence-corrected chi connectivity index (χ4v) is 6.57. The first-order chi connectivity index (χ1) is 20.7. The fourth-order valence-electron chi connectivity index (χ4n) is 5.12. The van der Waals surface area contributed by atoms with E-state index in [2.05, 4.69) is 15.1 Å². The molecule has 0 amide bonds. The highest BCUT2D eigenvalue weighted by Crippen LogP contribution is 2.41. The van der Waals surface area contributed by atoms with Gasteiger partial charge in [-0.25, -0.2) is 26.9 Å². The molecule has 1 saturated heterocycles. The first-order valence-electron chi connectivity index (χ1n) is 13.2. The smallest absolute Gasteiger partial charge is 0.419 e. The van der Waals surface area contributed by atoms with Crippen LogP contribution in [0.15, 0.2) is 42.6 Å². The van der Waals surface area contributed by atoms with Crippen LogP contribution < -0.4 is 4.90 Å². The minimum absolute atomic E-state index is 0.00479. The molecule has 0 spiro atoms. The largest absolute Gasteiger partial charge is 0.503 e. The minimum atomic E-state index is -5.23. The Morgan fingerprint density at radius 3 is 2.48 bits per heavy atom. The molecule has 0 saturated carbocycles. The van der Waals surface area contributed by atoms with E-state index in [0.29, 0.717) is 6.42 Å². The summed E-state index contributed by atoms with van der Waals surface area (Å²) in [6, 6.07) is 8.89. The third-order valence-electron chi connectivity index (χ3n) is 7.29. The van der Waals surface area contributed by atoms with Crippen LogP contribution in [0.1, 0.15) is 17.5 Å². The standard InChI is InChI=1S/C27H25F5N6O5S/c1-36-25-18(23(35-36)17-12-19(27(30,31)32)22(29)24(41)21(17)28)13-33-26(34-25)38-9-8-37(44(42,43)10-7-20(39)40)14-16(38)11-15-5-3-2-4-6-15/h2-6,12-13,16,41H,7-11,14H2,1H3,(H,39,40)/t16-/m1/s1. The number of carbonyl (C=O) groups is 1. The van der Waals surface area contributed by atoms with Crippen molar-refractivity contribution in [1.82, 2.24) is 24.1 Å². The second-order valence-corrected chi connectivity index (χ2v) is 12.3. The van der Waals surface area contributed by atoms with Crippen molar-refractivity contribution in [2.45, 2.75) is 25.1 Å². The normalized spacial score (nSPS) is 16.5. The molecule has 0 unspecified atom stereocenters. The first-order valence-corrected chi connectivity index (χ1v) is 14.8. The van der Waals surface area contributed by atoms with Crippen molar-refractivity contribution in [2.24, 2.45) is 7.05 Å². The number of phenolic OH excluding ortho intramolecular Hbond substituents is 1. The summed E-state index contributed by atoms with van der Waals surface area (Å²) < 4.78 is 97.4. The average molecular weight is 641 g/mol. The van der Waals surface area contributed by atoms with Gasteiger partial charge in [0.05, 0.1) is 23.1 Å². The Labute approximate surface area is 247 Å². The number of halogens is 5. The summed E-state index contributed by atoms with van der Waals surface area (Å²) >= 11 is 0. The number of hydrogen-bond acceptors (Lipinski definition) is 8. The van der Waals surface area contributed by atoms with Crippen molar-refractivity contribution in [2.75, 3.05) is 30.3 Å². The number of nitrogens with zero attached hydrogens (tertiary/aromatic N) is 6. The molecule has 234 valence electrons. The van der Waals surface area contributed by atoms with Crippen molar-refractivity contribution < 1.29 is 45.4 Å². The van der Waals surface area contributed by atoms with Crippen LogP contribution in [0.2, 0.25) is 0 Å². The van der Waals surface area contributed by atoms with Crippen molar-refractivity contribution in [3.63, 3.8) is 0 Å². The van der Waals surface area contributed by atoms with Gasteiger partial charge in [-0.2, -0.15) is 27.6 Å². The minimum Gasteiger partial charge on any atom is -0.503 e. The molecule has 1 aliphatic heterocycles. The molecule has 1 atom stereocenters. The molecule has 2 aromatic heterocycles. The number of fused-ring (bicyclic) bond motifs is 1. The summed E-state index contributed by atoms with van der Waals surface area (Å²) in [5.74, 6) is -7.25. The maximum Gasteiger partial charge on any atom is 0.419 e. The van der Waals surface area contributed by atoms with Gasteiger partial charge in [0, 0.05) is 44.5 Å². The van der Waals surface area contributed by atoms with Gasteiger partial charge in [-0.15, -0.1) is 0 Å². The van der Waals surface area contributed by atoms with Crippen LogP contribution in [0.4, 0.5) is 27.9 Å². The number of anilines is 1. The predicted molar refractivity (Wildman–Crippen MR) is 147 cm³/mol. The molecule has 2 aromatic carbocycles. The molecule has 3 heterocycles. The summed E-state index contributed by atoms with van der Waals surface area (Å²) in [6.07, 6.45) is -4.20. The van der Waals surface area contributed by atoms with Gasteiger partial charge in [-0.3, -0.25) is 4.79 Å². The van der Waals surface area contributed by atoms with E-state index in [9.17, 15) is 40.3 Å². The second kappa shape index (κ2) is 11.6. The molecule has 1 fully saturated rings. The van der Waals surface area contributed by atoms with Crippen molar-refractivity contribution >= 4 is 33.0 Å². The molecular formula is C27H25F5N6O5S. The number of aromatic nitrogens is 4. The molecule has 5 rings (SSSR count). The van der Waals surface area contributed by atoms with Gasteiger partial charge >= 0.3 is 12.1 Å². The van der Waals surface area contributed by atoms with Crippen LogP contribution in [0.5, 0.6) is 5.75 Å². The molecule has 11 nitrogen and oxygen atoms in total. The molecule has 2 N–H and O–H groups in total. The Hall–Kier alpha value is -4.38. The lowest BCUT2D eigenvalue weighted by molar-refractivity contribution is -0.140. The number of alkyl halides is 3. The van der Waals surface area contributed by atoms with Crippen LogP contribution in [-0.2, 0) is 34.5 Å². The lowest BCUT2D eigenvalue weighted by Crippen LogP contribution is -2.56. The fraction of sp³-hybridized carbons (Fsp3) is 0.333. The number of aromatic hydroxyl groups is 1. The number of phenols is 1. The third-order valence-corrected chi connectivity index (χ3v) is 9.13. The van der Waals surface area contributed by atoms with E-state index in [4.69, 9.17) is 5.11 Å². The van der Waals surface area contributed by atoms with Gasteiger partial charge in [0.15, 0.2) is 23.0 Å². The number of piperazine rings is 1. The SMILES string of the molecule is Cn1nc(-c2cc(C(F)(F)F)c(F)c(O)c2F)c2cnc(N3CCN(S(=O)(=O)CCC(=O)O)C[C@H]3Cc3ccccc3)nc21. The number of sulfonamides is 1. The predicted octanol–water partition coefficient (Wildman–Crippen LogP) is 3.57. The van der Waals surface area contributed by atoms with Gasteiger partial charge in [-0.05, 0) is 18.1 Å². The quantitative estimate of drug-likeness (QED) is 0.277. The Morgan fingerprint density at radius 2 is 1.82 bits per heavy atom. The number of hydrogen-bond donors (Lipinski definition) is 2. The van der Waals surface area contributed by atoms with E-state index in [1.54, 1.807) is 4.90 Å². The van der Waals surface area contributed by atoms with Gasteiger partial charge in [-0.1, -0.05) is 30.3 Å². The van der Waals surface area contributed by atoms with Gasteiger partial charge < -0.3 is 15.1 Å². The molecule has 4 aromatic rings. The lowest BCUT2D eigenvalue weighted by atomic mass is 10.0. The number of aryl methyl sites for hydroxylation is 1. The number of aliphatic carboxylic acids is 1. The topological polar surface area (TPSA) is 142 Å².